The second-order valence-corrected chi connectivity index (χ2v) is 6.52. The van der Waals surface area contributed by atoms with Gasteiger partial charge in [0.05, 0.1) is 19.2 Å². The van der Waals surface area contributed by atoms with Crippen LogP contribution in [0.25, 0.3) is 0 Å². The maximum Gasteiger partial charge on any atom is 0.232 e. The number of benzene rings is 1. The average Bonchev–Trinajstić information content (AvgIpc) is 2.90. The molecule has 2 unspecified atom stereocenters. The zero-order chi connectivity index (χ0) is 16.6. The molecule has 8 heteroatoms. The van der Waals surface area contributed by atoms with Gasteiger partial charge in [0.2, 0.25) is 11.8 Å². The van der Waals surface area contributed by atoms with Gasteiger partial charge in [0.25, 0.3) is 0 Å². The van der Waals surface area contributed by atoms with E-state index in [1.165, 1.54) is 0 Å². The van der Waals surface area contributed by atoms with Crippen LogP contribution in [0.4, 0.5) is 5.69 Å². The number of methoxy groups -OCH3 is 1. The van der Waals surface area contributed by atoms with Gasteiger partial charge in [-0.05, 0) is 36.9 Å². The van der Waals surface area contributed by atoms with Crippen molar-refractivity contribution in [2.45, 2.75) is 25.2 Å². The van der Waals surface area contributed by atoms with Crippen LogP contribution < -0.4 is 15.4 Å². The van der Waals surface area contributed by atoms with Crippen LogP contribution in [0.2, 0.25) is 0 Å². The summed E-state index contributed by atoms with van der Waals surface area (Å²) in [5, 5.41) is 10.2. The summed E-state index contributed by atoms with van der Waals surface area (Å²) in [7, 11) is 1.57. The van der Waals surface area contributed by atoms with Gasteiger partial charge < -0.3 is 19.9 Å². The van der Waals surface area contributed by atoms with Crippen molar-refractivity contribution in [3.05, 3.63) is 36.0 Å². The van der Waals surface area contributed by atoms with Gasteiger partial charge in [-0.1, -0.05) is 17.3 Å². The first kappa shape index (κ1) is 17.7. The molecule has 1 aliphatic carbocycles. The van der Waals surface area contributed by atoms with Gasteiger partial charge in [-0.25, -0.2) is 0 Å². The molecule has 0 bridgehead atoms. The SMILES string of the molecule is COc1ccccc1NC(=O)Cc1noc(C2CC23CCNC3)n1.Cl. The van der Waals surface area contributed by atoms with Gasteiger partial charge in [0.15, 0.2) is 5.82 Å². The number of hydrogen-bond acceptors (Lipinski definition) is 6. The predicted octanol–water partition coefficient (Wildman–Crippen LogP) is 2.15. The zero-order valence-electron chi connectivity index (χ0n) is 13.9. The summed E-state index contributed by atoms with van der Waals surface area (Å²) in [5.41, 5.74) is 0.940. The van der Waals surface area contributed by atoms with Gasteiger partial charge in [-0.15, -0.1) is 12.4 Å². The van der Waals surface area contributed by atoms with E-state index in [4.69, 9.17) is 9.26 Å². The number of halogens is 1. The summed E-state index contributed by atoms with van der Waals surface area (Å²) in [4.78, 5) is 16.6. The molecular weight excluding hydrogens is 344 g/mol. The lowest BCUT2D eigenvalue weighted by atomic mass is 10.0. The molecule has 2 N–H and O–H groups in total. The van der Waals surface area contributed by atoms with E-state index in [-0.39, 0.29) is 24.7 Å². The molecule has 2 fully saturated rings. The lowest BCUT2D eigenvalue weighted by molar-refractivity contribution is -0.115. The van der Waals surface area contributed by atoms with Crippen LogP contribution in [0.3, 0.4) is 0 Å². The summed E-state index contributed by atoms with van der Waals surface area (Å²) in [6.45, 7) is 2.07. The highest BCUT2D eigenvalue weighted by Gasteiger charge is 2.58. The minimum atomic E-state index is -0.195. The van der Waals surface area contributed by atoms with Gasteiger partial charge in [-0.2, -0.15) is 4.98 Å². The molecule has 25 heavy (non-hydrogen) atoms. The number of hydrogen-bond donors (Lipinski definition) is 2. The highest BCUT2D eigenvalue weighted by atomic mass is 35.5. The molecule has 1 aromatic heterocycles. The van der Waals surface area contributed by atoms with E-state index >= 15 is 0 Å². The van der Waals surface area contributed by atoms with Crippen molar-refractivity contribution >= 4 is 24.0 Å². The molecule has 1 amide bonds. The first-order chi connectivity index (χ1) is 11.7. The molecular formula is C17H21ClN4O3. The number of nitrogens with zero attached hydrogens (tertiary/aromatic N) is 2. The van der Waals surface area contributed by atoms with E-state index in [9.17, 15) is 4.79 Å². The number of carbonyl (C=O) groups excluding carboxylic acids is 1. The second-order valence-electron chi connectivity index (χ2n) is 6.52. The number of amides is 1. The minimum Gasteiger partial charge on any atom is -0.495 e. The summed E-state index contributed by atoms with van der Waals surface area (Å²) in [5.74, 6) is 1.85. The molecule has 1 saturated carbocycles. The average molecular weight is 365 g/mol. The number of carbonyl (C=O) groups is 1. The Bertz CT molecular complexity index is 758. The van der Waals surface area contributed by atoms with Crippen LogP contribution in [-0.4, -0.2) is 36.2 Å². The lowest BCUT2D eigenvalue weighted by Crippen LogP contribution is -2.15. The third kappa shape index (κ3) is 3.48. The van der Waals surface area contributed by atoms with Crippen molar-refractivity contribution in [1.29, 1.82) is 0 Å². The Morgan fingerprint density at radius 3 is 3.08 bits per heavy atom. The Morgan fingerprint density at radius 2 is 2.32 bits per heavy atom. The van der Waals surface area contributed by atoms with Crippen molar-refractivity contribution in [2.24, 2.45) is 5.41 Å². The van der Waals surface area contributed by atoms with E-state index < -0.39 is 0 Å². The van der Waals surface area contributed by atoms with Crippen molar-refractivity contribution in [1.82, 2.24) is 15.5 Å². The molecule has 134 valence electrons. The Balaban J connectivity index is 0.00000182. The van der Waals surface area contributed by atoms with Crippen molar-refractivity contribution in [3.8, 4) is 5.75 Å². The van der Waals surface area contributed by atoms with Crippen molar-refractivity contribution in [3.63, 3.8) is 0 Å². The molecule has 4 rings (SSSR count). The minimum absolute atomic E-state index is 0. The fourth-order valence-corrected chi connectivity index (χ4v) is 3.50. The number of ether oxygens (including phenoxy) is 1. The fourth-order valence-electron chi connectivity index (χ4n) is 3.50. The van der Waals surface area contributed by atoms with Gasteiger partial charge in [0.1, 0.15) is 5.75 Å². The molecule has 2 atom stereocenters. The summed E-state index contributed by atoms with van der Waals surface area (Å²) in [6.07, 6.45) is 2.33. The fraction of sp³-hybridized carbons (Fsp3) is 0.471. The molecule has 2 heterocycles. The molecule has 0 radical (unpaired) electrons. The van der Waals surface area contributed by atoms with E-state index in [1.54, 1.807) is 19.2 Å². The van der Waals surface area contributed by atoms with Crippen LogP contribution in [-0.2, 0) is 11.2 Å². The largest absolute Gasteiger partial charge is 0.495 e. The maximum atomic E-state index is 12.2. The van der Waals surface area contributed by atoms with Crippen LogP contribution in [0.5, 0.6) is 5.75 Å². The highest BCUT2D eigenvalue weighted by Crippen LogP contribution is 2.62. The zero-order valence-corrected chi connectivity index (χ0v) is 14.8. The van der Waals surface area contributed by atoms with Gasteiger partial charge in [-0.3, -0.25) is 4.79 Å². The lowest BCUT2D eigenvalue weighted by Gasteiger charge is -2.08. The Kier molecular flexibility index (Phi) is 4.96. The number of nitrogens with one attached hydrogen (secondary N) is 2. The molecule has 1 aliphatic heterocycles. The van der Waals surface area contributed by atoms with Crippen LogP contribution in [0, 0.1) is 5.41 Å². The molecule has 2 aliphatic rings. The van der Waals surface area contributed by atoms with Gasteiger partial charge >= 0.3 is 0 Å². The number of rotatable bonds is 5. The Labute approximate surface area is 151 Å². The van der Waals surface area contributed by atoms with E-state index in [2.05, 4.69) is 20.8 Å². The normalized spacial score (nSPS) is 24.0. The van der Waals surface area contributed by atoms with Crippen LogP contribution in [0.1, 0.15) is 30.5 Å². The van der Waals surface area contributed by atoms with Crippen molar-refractivity contribution in [2.75, 3.05) is 25.5 Å². The molecule has 1 aromatic carbocycles. The van der Waals surface area contributed by atoms with E-state index in [0.29, 0.717) is 34.5 Å². The molecule has 2 aromatic rings. The van der Waals surface area contributed by atoms with Crippen molar-refractivity contribution < 1.29 is 14.1 Å². The summed E-state index contributed by atoms with van der Waals surface area (Å²) >= 11 is 0. The first-order valence-corrected chi connectivity index (χ1v) is 8.16. The topological polar surface area (TPSA) is 89.3 Å². The second kappa shape index (κ2) is 7.01. The first-order valence-electron chi connectivity index (χ1n) is 8.16. The van der Waals surface area contributed by atoms with Crippen LogP contribution >= 0.6 is 12.4 Å². The highest BCUT2D eigenvalue weighted by molar-refractivity contribution is 5.93. The predicted molar refractivity (Wildman–Crippen MR) is 94.2 cm³/mol. The maximum absolute atomic E-state index is 12.2. The van der Waals surface area contributed by atoms with E-state index in [1.807, 2.05) is 12.1 Å². The third-order valence-electron chi connectivity index (χ3n) is 4.95. The van der Waals surface area contributed by atoms with E-state index in [0.717, 1.165) is 25.9 Å². The molecule has 1 saturated heterocycles. The molecule has 7 nitrogen and oxygen atoms in total. The Morgan fingerprint density at radius 1 is 1.48 bits per heavy atom. The standard InChI is InChI=1S/C17H20N4O3.ClH/c1-23-13-5-3-2-4-12(13)19-15(22)8-14-20-16(24-21-14)11-9-17(11)6-7-18-10-17;/h2-5,11,18H,6-10H2,1H3,(H,19,22);1H. The quantitative estimate of drug-likeness (QED) is 0.845. The summed E-state index contributed by atoms with van der Waals surface area (Å²) < 4.78 is 10.6. The number of anilines is 1. The van der Waals surface area contributed by atoms with Crippen LogP contribution in [0.15, 0.2) is 28.8 Å². The summed E-state index contributed by atoms with van der Waals surface area (Å²) in [6, 6.07) is 7.28. The third-order valence-corrected chi connectivity index (χ3v) is 4.95. The number of aromatic nitrogens is 2. The monoisotopic (exact) mass is 364 g/mol. The Hall–Kier alpha value is -2.12. The molecule has 1 spiro atoms. The smallest absolute Gasteiger partial charge is 0.232 e. The number of para-hydroxylation sites is 2. The van der Waals surface area contributed by atoms with Gasteiger partial charge in [0, 0.05) is 12.5 Å².